The molecule has 3 rings (SSSR count). The first-order chi connectivity index (χ1) is 12.1. The van der Waals surface area contributed by atoms with Crippen LogP contribution in [0, 0.1) is 0 Å². The molecule has 1 fully saturated rings. The molecule has 0 aliphatic heterocycles. The third-order valence-corrected chi connectivity index (χ3v) is 4.55. The van der Waals surface area contributed by atoms with Gasteiger partial charge in [0.25, 0.3) is 11.5 Å². The summed E-state index contributed by atoms with van der Waals surface area (Å²) in [5, 5.41) is 6.50. The van der Waals surface area contributed by atoms with Gasteiger partial charge in [-0.1, -0.05) is 25.7 Å². The molecule has 1 amide bonds. The highest BCUT2D eigenvalue weighted by atomic mass is 16.2. The summed E-state index contributed by atoms with van der Waals surface area (Å²) in [7, 11) is 0. The Morgan fingerprint density at radius 3 is 2.64 bits per heavy atom. The molecule has 134 valence electrons. The van der Waals surface area contributed by atoms with E-state index in [1.54, 1.807) is 0 Å². The molecule has 2 heterocycles. The van der Waals surface area contributed by atoms with Crippen LogP contribution in [0.2, 0.25) is 0 Å². The maximum Gasteiger partial charge on any atom is 0.327 e. The molecule has 1 aliphatic carbocycles. The second-order valence-corrected chi connectivity index (χ2v) is 6.43. The van der Waals surface area contributed by atoms with E-state index in [0.717, 1.165) is 0 Å². The Labute approximate surface area is 144 Å². The Kier molecular flexibility index (Phi) is 5.60. The maximum atomic E-state index is 12.2. The molecule has 8 heteroatoms. The Morgan fingerprint density at radius 2 is 1.88 bits per heavy atom. The van der Waals surface area contributed by atoms with Crippen molar-refractivity contribution in [1.82, 2.24) is 25.6 Å². The van der Waals surface area contributed by atoms with Crippen LogP contribution in [0.5, 0.6) is 0 Å². The standard InChI is InChI=1S/C17H23N5O3/c23-15(19-8-7-18-12-5-3-1-2-4-6-12)11-9-13-14(20-10-11)21-17(25)22-16(13)24/h9-10,12,18H,1-8H2,(H,19,23)(H2,20,21,22,24,25). The van der Waals surface area contributed by atoms with Crippen LogP contribution in [0.1, 0.15) is 48.9 Å². The quantitative estimate of drug-likeness (QED) is 0.469. The van der Waals surface area contributed by atoms with Gasteiger partial charge in [-0.15, -0.1) is 0 Å². The van der Waals surface area contributed by atoms with Gasteiger partial charge in [-0.3, -0.25) is 19.6 Å². The second-order valence-electron chi connectivity index (χ2n) is 6.43. The maximum absolute atomic E-state index is 12.2. The van der Waals surface area contributed by atoms with Gasteiger partial charge in [0.2, 0.25) is 0 Å². The monoisotopic (exact) mass is 345 g/mol. The summed E-state index contributed by atoms with van der Waals surface area (Å²) in [6.07, 6.45) is 8.91. The molecule has 0 radical (unpaired) electrons. The van der Waals surface area contributed by atoms with Gasteiger partial charge in [0, 0.05) is 25.3 Å². The number of nitrogens with zero attached hydrogens (tertiary/aromatic N) is 1. The molecule has 1 saturated carbocycles. The highest BCUT2D eigenvalue weighted by Crippen LogP contribution is 2.16. The summed E-state index contributed by atoms with van der Waals surface area (Å²) < 4.78 is 0. The van der Waals surface area contributed by atoms with Crippen molar-refractivity contribution < 1.29 is 4.79 Å². The van der Waals surface area contributed by atoms with Crippen molar-refractivity contribution >= 4 is 16.9 Å². The summed E-state index contributed by atoms with van der Waals surface area (Å²) in [6, 6.07) is 1.97. The van der Waals surface area contributed by atoms with Crippen LogP contribution in [0.25, 0.3) is 11.0 Å². The van der Waals surface area contributed by atoms with E-state index in [1.807, 2.05) is 0 Å². The normalized spacial score (nSPS) is 15.8. The highest BCUT2D eigenvalue weighted by Gasteiger charge is 2.12. The van der Waals surface area contributed by atoms with E-state index in [9.17, 15) is 14.4 Å². The molecule has 0 bridgehead atoms. The van der Waals surface area contributed by atoms with Gasteiger partial charge in [0.15, 0.2) is 0 Å². The summed E-state index contributed by atoms with van der Waals surface area (Å²) in [5.41, 5.74) is -0.720. The number of fused-ring (bicyclic) bond motifs is 1. The predicted octanol–water partition coefficient (Wildman–Crippen LogP) is 0.654. The number of carbonyl (C=O) groups excluding carboxylic acids is 1. The summed E-state index contributed by atoms with van der Waals surface area (Å²) in [6.45, 7) is 1.22. The number of amides is 1. The van der Waals surface area contributed by atoms with E-state index in [0.29, 0.717) is 24.7 Å². The van der Waals surface area contributed by atoms with E-state index in [4.69, 9.17) is 0 Å². The lowest BCUT2D eigenvalue weighted by Crippen LogP contribution is -2.37. The number of rotatable bonds is 5. The fourth-order valence-corrected chi connectivity index (χ4v) is 3.21. The largest absolute Gasteiger partial charge is 0.351 e. The minimum Gasteiger partial charge on any atom is -0.351 e. The van der Waals surface area contributed by atoms with Crippen molar-refractivity contribution in [2.75, 3.05) is 13.1 Å². The molecule has 8 nitrogen and oxygen atoms in total. The van der Waals surface area contributed by atoms with Crippen molar-refractivity contribution in [1.29, 1.82) is 0 Å². The SMILES string of the molecule is O=C(NCCNC1CCCCCC1)c1cnc2[nH]c(=O)[nH]c(=O)c2c1. The number of hydrogen-bond acceptors (Lipinski definition) is 5. The van der Waals surface area contributed by atoms with Crippen LogP contribution < -0.4 is 21.9 Å². The van der Waals surface area contributed by atoms with Crippen molar-refractivity contribution in [3.8, 4) is 0 Å². The zero-order valence-corrected chi connectivity index (χ0v) is 14.1. The number of pyridine rings is 1. The fraction of sp³-hybridized carbons (Fsp3) is 0.529. The van der Waals surface area contributed by atoms with E-state index < -0.39 is 11.2 Å². The minimum atomic E-state index is -0.619. The van der Waals surface area contributed by atoms with Crippen LogP contribution in [0.15, 0.2) is 21.9 Å². The third kappa shape index (κ3) is 4.54. The van der Waals surface area contributed by atoms with Crippen LogP contribution in [0.3, 0.4) is 0 Å². The summed E-state index contributed by atoms with van der Waals surface area (Å²) >= 11 is 0. The number of hydrogen-bond donors (Lipinski definition) is 4. The number of nitrogens with one attached hydrogen (secondary N) is 4. The van der Waals surface area contributed by atoms with Crippen LogP contribution in [0.4, 0.5) is 0 Å². The average Bonchev–Trinajstić information content (AvgIpc) is 2.87. The average molecular weight is 345 g/mol. The summed E-state index contributed by atoms with van der Waals surface area (Å²) in [5.74, 6) is -0.289. The van der Waals surface area contributed by atoms with Crippen molar-refractivity contribution in [3.05, 3.63) is 38.7 Å². The van der Waals surface area contributed by atoms with E-state index in [-0.39, 0.29) is 16.9 Å². The van der Waals surface area contributed by atoms with Crippen molar-refractivity contribution in [2.45, 2.75) is 44.6 Å². The molecule has 0 spiro atoms. The Bertz CT molecular complexity index is 849. The van der Waals surface area contributed by atoms with Crippen LogP contribution in [-0.4, -0.2) is 40.0 Å². The fourth-order valence-electron chi connectivity index (χ4n) is 3.21. The zero-order valence-electron chi connectivity index (χ0n) is 14.1. The first-order valence-electron chi connectivity index (χ1n) is 8.77. The molecule has 2 aromatic heterocycles. The second kappa shape index (κ2) is 8.06. The molecule has 1 aliphatic rings. The first-order valence-corrected chi connectivity index (χ1v) is 8.77. The Morgan fingerprint density at radius 1 is 1.12 bits per heavy atom. The molecule has 0 unspecified atom stereocenters. The Balaban J connectivity index is 1.55. The molecule has 0 aromatic carbocycles. The topological polar surface area (TPSA) is 120 Å². The van der Waals surface area contributed by atoms with Crippen LogP contribution in [-0.2, 0) is 0 Å². The van der Waals surface area contributed by atoms with Crippen molar-refractivity contribution in [2.24, 2.45) is 0 Å². The Hall–Kier alpha value is -2.48. The third-order valence-electron chi connectivity index (χ3n) is 4.55. The number of H-pyrrole nitrogens is 2. The van der Waals surface area contributed by atoms with E-state index >= 15 is 0 Å². The molecular weight excluding hydrogens is 322 g/mol. The lowest BCUT2D eigenvalue weighted by atomic mass is 10.1. The molecule has 2 aromatic rings. The van der Waals surface area contributed by atoms with Gasteiger partial charge in [-0.05, 0) is 18.9 Å². The van der Waals surface area contributed by atoms with E-state index in [1.165, 1.54) is 50.8 Å². The predicted molar refractivity (Wildman–Crippen MR) is 94.8 cm³/mol. The summed E-state index contributed by atoms with van der Waals surface area (Å²) in [4.78, 5) is 43.7. The number of carbonyl (C=O) groups is 1. The zero-order chi connectivity index (χ0) is 17.6. The van der Waals surface area contributed by atoms with Gasteiger partial charge >= 0.3 is 5.69 Å². The van der Waals surface area contributed by atoms with Gasteiger partial charge < -0.3 is 10.6 Å². The lowest BCUT2D eigenvalue weighted by Gasteiger charge is -2.16. The van der Waals surface area contributed by atoms with Crippen LogP contribution >= 0.6 is 0 Å². The van der Waals surface area contributed by atoms with Gasteiger partial charge in [-0.25, -0.2) is 9.78 Å². The highest BCUT2D eigenvalue weighted by molar-refractivity contribution is 5.96. The van der Waals surface area contributed by atoms with Crippen molar-refractivity contribution in [3.63, 3.8) is 0 Å². The molecule has 25 heavy (non-hydrogen) atoms. The number of aromatic amines is 2. The molecular formula is C17H23N5O3. The number of aromatic nitrogens is 3. The minimum absolute atomic E-state index is 0.167. The smallest absolute Gasteiger partial charge is 0.327 e. The lowest BCUT2D eigenvalue weighted by molar-refractivity contribution is 0.0953. The van der Waals surface area contributed by atoms with Gasteiger partial charge in [-0.2, -0.15) is 0 Å². The first kappa shape index (κ1) is 17.3. The van der Waals surface area contributed by atoms with Gasteiger partial charge in [0.1, 0.15) is 5.65 Å². The molecule has 4 N–H and O–H groups in total. The molecule has 0 atom stereocenters. The van der Waals surface area contributed by atoms with Gasteiger partial charge in [0.05, 0.1) is 10.9 Å². The van der Waals surface area contributed by atoms with E-state index in [2.05, 4.69) is 25.6 Å². The molecule has 0 saturated heterocycles.